The number of halogens is 1. The van der Waals surface area contributed by atoms with Gasteiger partial charge >= 0.3 is 0 Å². The van der Waals surface area contributed by atoms with Crippen LogP contribution < -0.4 is 14.8 Å². The fourth-order valence-corrected chi connectivity index (χ4v) is 5.01. The van der Waals surface area contributed by atoms with Gasteiger partial charge < -0.3 is 14.8 Å². The van der Waals surface area contributed by atoms with Crippen molar-refractivity contribution in [3.05, 3.63) is 100 Å². The van der Waals surface area contributed by atoms with E-state index in [9.17, 15) is 0 Å². The van der Waals surface area contributed by atoms with Crippen molar-refractivity contribution in [2.24, 2.45) is 0 Å². The number of nitrogens with one attached hydrogen (secondary N) is 1. The lowest BCUT2D eigenvalue weighted by molar-refractivity contribution is 0.152. The lowest BCUT2D eigenvalue weighted by atomic mass is 10.00. The van der Waals surface area contributed by atoms with Crippen LogP contribution in [-0.4, -0.2) is 9.78 Å². The molecule has 1 aromatic heterocycles. The fourth-order valence-electron chi connectivity index (χ4n) is 4.47. The zero-order valence-corrected chi connectivity index (χ0v) is 19.2. The molecule has 1 spiro atoms. The number of hydrogen-bond donors (Lipinski definition) is 1. The Bertz CT molecular complexity index is 1380. The Morgan fingerprint density at radius 3 is 2.41 bits per heavy atom. The van der Waals surface area contributed by atoms with Crippen molar-refractivity contribution >= 4 is 21.6 Å². The topological polar surface area (TPSA) is 48.3 Å². The Kier molecular flexibility index (Phi) is 4.20. The molecular weight excluding hydrogens is 466 g/mol. The molecule has 6 rings (SSSR count). The van der Waals surface area contributed by atoms with Gasteiger partial charge in [-0.15, -0.1) is 0 Å². The fraction of sp³-hybridized carbons (Fsp3) is 0.115. The minimum absolute atomic E-state index is 0.661. The van der Waals surface area contributed by atoms with Crippen molar-refractivity contribution in [3.8, 4) is 28.4 Å². The number of fused-ring (bicyclic) bond motifs is 3. The number of aryl methyl sites for hydroxylation is 1. The van der Waals surface area contributed by atoms with Crippen LogP contribution in [0.5, 0.6) is 11.6 Å². The van der Waals surface area contributed by atoms with Crippen LogP contribution in [0, 0.1) is 6.92 Å². The Morgan fingerprint density at radius 2 is 1.66 bits per heavy atom. The van der Waals surface area contributed by atoms with Gasteiger partial charge in [-0.25, -0.2) is 4.68 Å². The first kappa shape index (κ1) is 19.2. The molecule has 1 N–H and O–H groups in total. The number of hydrogen-bond acceptors (Lipinski definition) is 4. The third kappa shape index (κ3) is 2.87. The zero-order valence-electron chi connectivity index (χ0n) is 17.6. The van der Waals surface area contributed by atoms with Gasteiger partial charge in [-0.3, -0.25) is 0 Å². The summed E-state index contributed by atoms with van der Waals surface area (Å²) in [6, 6.07) is 24.5. The summed E-state index contributed by atoms with van der Waals surface area (Å²) in [5.41, 5.74) is 4.92. The summed E-state index contributed by atoms with van der Waals surface area (Å²) in [5, 5.41) is 8.42. The Hall–Kier alpha value is -3.51. The lowest BCUT2D eigenvalue weighted by Crippen LogP contribution is -2.38. The first-order valence-corrected chi connectivity index (χ1v) is 11.2. The highest BCUT2D eigenvalue weighted by atomic mass is 79.9. The van der Waals surface area contributed by atoms with E-state index in [-0.39, 0.29) is 0 Å². The first-order chi connectivity index (χ1) is 15.5. The number of anilines is 1. The van der Waals surface area contributed by atoms with Crippen LogP contribution in [-0.2, 0) is 5.72 Å². The van der Waals surface area contributed by atoms with Crippen molar-refractivity contribution in [1.29, 1.82) is 0 Å². The molecule has 32 heavy (non-hydrogen) atoms. The third-order valence-corrected chi connectivity index (χ3v) is 6.38. The van der Waals surface area contributed by atoms with Gasteiger partial charge in [0, 0.05) is 6.08 Å². The molecular formula is C26H20BrN3O2. The molecule has 0 aliphatic carbocycles. The average molecular weight is 486 g/mol. The number of rotatable bonds is 2. The molecule has 0 unspecified atom stereocenters. The van der Waals surface area contributed by atoms with Gasteiger partial charge in [0.15, 0.2) is 5.75 Å². The molecule has 5 nitrogen and oxygen atoms in total. The van der Waals surface area contributed by atoms with Crippen LogP contribution in [0.25, 0.3) is 16.8 Å². The van der Waals surface area contributed by atoms with E-state index in [1.165, 1.54) is 0 Å². The minimum Gasteiger partial charge on any atom is -0.456 e. The summed E-state index contributed by atoms with van der Waals surface area (Å²) in [6.07, 6.45) is 1.98. The SMILES string of the molecule is CC1=C[C@]2(Nc3cc(-c4ccccc4)cc(Br)c3O2)c2c(C)nn(-c3ccccc3)c2O1. The molecule has 0 saturated carbocycles. The van der Waals surface area contributed by atoms with Gasteiger partial charge in [-0.1, -0.05) is 48.5 Å². The molecule has 2 aliphatic rings. The predicted molar refractivity (Wildman–Crippen MR) is 128 cm³/mol. The second-order valence-corrected chi connectivity index (χ2v) is 8.89. The van der Waals surface area contributed by atoms with Gasteiger partial charge in [0.25, 0.3) is 0 Å². The van der Waals surface area contributed by atoms with Crippen LogP contribution in [0.2, 0.25) is 0 Å². The highest BCUT2D eigenvalue weighted by Gasteiger charge is 2.48. The normalized spacial score (nSPS) is 18.3. The van der Waals surface area contributed by atoms with E-state index >= 15 is 0 Å². The quantitative estimate of drug-likeness (QED) is 0.349. The van der Waals surface area contributed by atoms with E-state index in [0.717, 1.165) is 49.7 Å². The maximum absolute atomic E-state index is 6.62. The second kappa shape index (κ2) is 7.00. The maximum atomic E-state index is 6.62. The summed E-state index contributed by atoms with van der Waals surface area (Å²) >= 11 is 3.72. The lowest BCUT2D eigenvalue weighted by Gasteiger charge is -2.31. The monoisotopic (exact) mass is 485 g/mol. The van der Waals surface area contributed by atoms with Gasteiger partial charge in [0.1, 0.15) is 11.3 Å². The summed E-state index contributed by atoms with van der Waals surface area (Å²) in [4.78, 5) is 0. The largest absolute Gasteiger partial charge is 0.456 e. The van der Waals surface area contributed by atoms with E-state index in [1.54, 1.807) is 0 Å². The van der Waals surface area contributed by atoms with Crippen molar-refractivity contribution in [2.45, 2.75) is 19.6 Å². The standard InChI is InChI=1S/C26H20BrN3O2/c1-16-15-26(23-17(2)29-30(25(23)31-16)20-11-7-4-8-12-20)28-22-14-19(13-21(27)24(22)32-26)18-9-5-3-6-10-18/h3-15,28H,1-2H3/t26-/m1/s1. The van der Waals surface area contributed by atoms with E-state index in [1.807, 2.05) is 73.1 Å². The molecule has 0 fully saturated rings. The van der Waals surface area contributed by atoms with Crippen molar-refractivity contribution < 1.29 is 9.47 Å². The van der Waals surface area contributed by atoms with E-state index in [0.29, 0.717) is 5.88 Å². The zero-order chi connectivity index (χ0) is 21.9. The van der Waals surface area contributed by atoms with Crippen molar-refractivity contribution in [1.82, 2.24) is 9.78 Å². The molecule has 158 valence electrons. The summed E-state index contributed by atoms with van der Waals surface area (Å²) < 4.78 is 15.5. The summed E-state index contributed by atoms with van der Waals surface area (Å²) in [6.45, 7) is 3.91. The third-order valence-electron chi connectivity index (χ3n) is 5.79. The predicted octanol–water partition coefficient (Wildman–Crippen LogP) is 6.56. The Balaban J connectivity index is 1.49. The highest BCUT2D eigenvalue weighted by molar-refractivity contribution is 9.10. The number of aromatic nitrogens is 2. The average Bonchev–Trinajstić information content (AvgIpc) is 3.33. The van der Waals surface area contributed by atoms with Crippen LogP contribution >= 0.6 is 15.9 Å². The van der Waals surface area contributed by atoms with Crippen LogP contribution in [0.15, 0.2) is 89.1 Å². The molecule has 3 aromatic carbocycles. The number of benzene rings is 3. The summed E-state index contributed by atoms with van der Waals surface area (Å²) in [5.74, 6) is 2.18. The second-order valence-electron chi connectivity index (χ2n) is 8.03. The molecule has 0 bridgehead atoms. The van der Waals surface area contributed by atoms with Gasteiger partial charge in [-0.2, -0.15) is 5.10 Å². The highest BCUT2D eigenvalue weighted by Crippen LogP contribution is 2.52. The molecule has 6 heteroatoms. The number of para-hydroxylation sites is 1. The van der Waals surface area contributed by atoms with E-state index in [2.05, 4.69) is 45.5 Å². The van der Waals surface area contributed by atoms with E-state index in [4.69, 9.17) is 14.6 Å². The smallest absolute Gasteiger partial charge is 0.237 e. The Morgan fingerprint density at radius 1 is 0.938 bits per heavy atom. The number of ether oxygens (including phenoxy) is 2. The molecule has 0 radical (unpaired) electrons. The molecule has 3 heterocycles. The van der Waals surface area contributed by atoms with Gasteiger partial charge in [0.2, 0.25) is 11.6 Å². The van der Waals surface area contributed by atoms with Crippen LogP contribution in [0.4, 0.5) is 5.69 Å². The maximum Gasteiger partial charge on any atom is 0.237 e. The number of nitrogens with zero attached hydrogens (tertiary/aromatic N) is 2. The van der Waals surface area contributed by atoms with Crippen LogP contribution in [0.1, 0.15) is 18.2 Å². The van der Waals surface area contributed by atoms with Crippen molar-refractivity contribution in [3.63, 3.8) is 0 Å². The molecule has 1 atom stereocenters. The minimum atomic E-state index is -0.894. The molecule has 4 aromatic rings. The molecule has 0 amide bonds. The van der Waals surface area contributed by atoms with Gasteiger partial charge in [0.05, 0.1) is 21.5 Å². The Labute approximate surface area is 194 Å². The number of allylic oxidation sites excluding steroid dienone is 1. The molecule has 0 saturated heterocycles. The first-order valence-electron chi connectivity index (χ1n) is 10.4. The van der Waals surface area contributed by atoms with E-state index < -0.39 is 5.72 Å². The van der Waals surface area contributed by atoms with Crippen molar-refractivity contribution in [2.75, 3.05) is 5.32 Å². The van der Waals surface area contributed by atoms with Gasteiger partial charge in [-0.05, 0) is 65.2 Å². The van der Waals surface area contributed by atoms with Crippen LogP contribution in [0.3, 0.4) is 0 Å². The molecule has 2 aliphatic heterocycles. The summed E-state index contributed by atoms with van der Waals surface area (Å²) in [7, 11) is 0.